The van der Waals surface area contributed by atoms with Crippen LogP contribution in [0.4, 0.5) is 0 Å². The summed E-state index contributed by atoms with van der Waals surface area (Å²) < 4.78 is 0. The van der Waals surface area contributed by atoms with Crippen molar-refractivity contribution in [1.29, 1.82) is 0 Å². The SMILES string of the molecule is CCCC1CCC(C2CC=C(c3cnc(-c4ccc(C/C(=C\NC(=O)c5ccc(C(C)C)cc5)C(=O)N5CC(C(=O)O)C5)cc4)nc3)CC2)CC1. The molecule has 2 fully saturated rings. The maximum atomic E-state index is 13.4. The van der Waals surface area contributed by atoms with Crippen molar-refractivity contribution in [3.8, 4) is 11.4 Å². The van der Waals surface area contributed by atoms with E-state index in [9.17, 15) is 19.5 Å². The van der Waals surface area contributed by atoms with Gasteiger partial charge in [0.1, 0.15) is 0 Å². The minimum absolute atomic E-state index is 0.153. The Hall–Kier alpha value is -4.59. The molecule has 0 spiro atoms. The Labute approximate surface area is 302 Å². The monoisotopic (exact) mass is 688 g/mol. The van der Waals surface area contributed by atoms with Crippen LogP contribution in [0, 0.1) is 23.7 Å². The Morgan fingerprint density at radius 1 is 0.902 bits per heavy atom. The highest BCUT2D eigenvalue weighted by Crippen LogP contribution is 2.42. The number of likely N-dealkylation sites (tertiary alicyclic amines) is 1. The van der Waals surface area contributed by atoms with E-state index in [-0.39, 0.29) is 31.3 Å². The van der Waals surface area contributed by atoms with Crippen molar-refractivity contribution in [2.24, 2.45) is 23.7 Å². The molecule has 8 nitrogen and oxygen atoms in total. The van der Waals surface area contributed by atoms with Crippen molar-refractivity contribution in [2.75, 3.05) is 13.1 Å². The predicted molar refractivity (Wildman–Crippen MR) is 201 cm³/mol. The van der Waals surface area contributed by atoms with Crippen LogP contribution < -0.4 is 5.32 Å². The Morgan fingerprint density at radius 3 is 2.18 bits per heavy atom. The topological polar surface area (TPSA) is 112 Å². The molecule has 2 amide bonds. The summed E-state index contributed by atoms with van der Waals surface area (Å²) in [6, 6.07) is 15.2. The number of hydrogen-bond donors (Lipinski definition) is 2. The van der Waals surface area contributed by atoms with Gasteiger partial charge in [0.15, 0.2) is 5.82 Å². The second-order valence-electron chi connectivity index (χ2n) is 15.2. The second kappa shape index (κ2) is 16.6. The minimum atomic E-state index is -0.909. The minimum Gasteiger partial charge on any atom is -0.481 e. The van der Waals surface area contributed by atoms with Crippen LogP contribution in [0.1, 0.15) is 112 Å². The third kappa shape index (κ3) is 9.02. The number of carboxylic acid groups (broad SMARTS) is 1. The molecule has 2 aliphatic carbocycles. The summed E-state index contributed by atoms with van der Waals surface area (Å²) in [5, 5.41) is 12.1. The molecule has 1 aliphatic heterocycles. The Balaban J connectivity index is 1.08. The molecular weight excluding hydrogens is 636 g/mol. The lowest BCUT2D eigenvalue weighted by molar-refractivity contribution is -0.151. The van der Waals surface area contributed by atoms with Crippen LogP contribution >= 0.6 is 0 Å². The van der Waals surface area contributed by atoms with Crippen LogP contribution in [0.5, 0.6) is 0 Å². The summed E-state index contributed by atoms with van der Waals surface area (Å²) in [6.45, 7) is 6.80. The van der Waals surface area contributed by atoms with Crippen molar-refractivity contribution >= 4 is 23.4 Å². The molecule has 2 heterocycles. The summed E-state index contributed by atoms with van der Waals surface area (Å²) in [5.74, 6) is 1.57. The van der Waals surface area contributed by atoms with Crippen LogP contribution in [0.15, 0.2) is 78.8 Å². The number of aliphatic carboxylic acids is 1. The van der Waals surface area contributed by atoms with Gasteiger partial charge in [-0.15, -0.1) is 0 Å². The van der Waals surface area contributed by atoms with Gasteiger partial charge in [0.2, 0.25) is 0 Å². The van der Waals surface area contributed by atoms with Gasteiger partial charge in [-0.05, 0) is 84.6 Å². The molecule has 1 atom stereocenters. The zero-order valence-corrected chi connectivity index (χ0v) is 30.3. The molecule has 51 heavy (non-hydrogen) atoms. The fourth-order valence-corrected chi connectivity index (χ4v) is 7.98. The van der Waals surface area contributed by atoms with Gasteiger partial charge < -0.3 is 15.3 Å². The summed E-state index contributed by atoms with van der Waals surface area (Å²) in [5.41, 5.74) is 6.22. The summed E-state index contributed by atoms with van der Waals surface area (Å²) in [4.78, 5) is 48.7. The van der Waals surface area contributed by atoms with Crippen molar-refractivity contribution in [1.82, 2.24) is 20.2 Å². The predicted octanol–water partition coefficient (Wildman–Crippen LogP) is 8.46. The number of nitrogens with one attached hydrogen (secondary N) is 1. The Bertz CT molecular complexity index is 1730. The smallest absolute Gasteiger partial charge is 0.310 e. The van der Waals surface area contributed by atoms with E-state index >= 15 is 0 Å². The number of amides is 2. The largest absolute Gasteiger partial charge is 0.481 e. The van der Waals surface area contributed by atoms with Crippen LogP contribution in [-0.2, 0) is 16.0 Å². The van der Waals surface area contributed by atoms with Gasteiger partial charge in [0.05, 0.1) is 5.92 Å². The summed E-state index contributed by atoms with van der Waals surface area (Å²) in [7, 11) is 0. The van der Waals surface area contributed by atoms with Crippen molar-refractivity contribution in [3.05, 3.63) is 101 Å². The third-order valence-electron chi connectivity index (χ3n) is 11.3. The molecule has 8 heteroatoms. The van der Waals surface area contributed by atoms with E-state index in [1.807, 2.05) is 48.8 Å². The first kappa shape index (κ1) is 36.2. The van der Waals surface area contributed by atoms with Gasteiger partial charge in [0, 0.05) is 60.4 Å². The average molecular weight is 689 g/mol. The molecule has 3 aromatic rings. The molecular formula is C43H52N4O4. The number of aromatic nitrogens is 2. The van der Waals surface area contributed by atoms with Gasteiger partial charge in [-0.3, -0.25) is 14.4 Å². The normalized spacial score (nSPS) is 21.2. The lowest BCUT2D eigenvalue weighted by atomic mass is 9.70. The Kier molecular flexibility index (Phi) is 11.8. The number of benzene rings is 2. The highest BCUT2D eigenvalue weighted by molar-refractivity contribution is 5.98. The molecule has 6 rings (SSSR count). The lowest BCUT2D eigenvalue weighted by Crippen LogP contribution is -2.53. The number of carbonyl (C=O) groups excluding carboxylic acids is 2. The molecule has 268 valence electrons. The highest BCUT2D eigenvalue weighted by atomic mass is 16.4. The number of carboxylic acids is 1. The van der Waals surface area contributed by atoms with Gasteiger partial charge in [-0.2, -0.15) is 0 Å². The number of rotatable bonds is 12. The number of nitrogens with zero attached hydrogens (tertiary/aromatic N) is 3. The first-order valence-electron chi connectivity index (χ1n) is 18.9. The zero-order chi connectivity index (χ0) is 35.9. The number of carbonyl (C=O) groups is 3. The second-order valence-corrected chi connectivity index (χ2v) is 15.2. The highest BCUT2D eigenvalue weighted by Gasteiger charge is 2.36. The van der Waals surface area contributed by atoms with Crippen LogP contribution in [-0.4, -0.2) is 50.8 Å². The fraction of sp³-hybridized carbons (Fsp3) is 0.465. The Morgan fingerprint density at radius 2 is 1.59 bits per heavy atom. The van der Waals surface area contributed by atoms with E-state index in [1.165, 1.54) is 61.6 Å². The number of allylic oxidation sites excluding steroid dienone is 2. The van der Waals surface area contributed by atoms with E-state index in [0.717, 1.165) is 52.8 Å². The number of hydrogen-bond acceptors (Lipinski definition) is 5. The van der Waals surface area contributed by atoms with Gasteiger partial charge >= 0.3 is 5.97 Å². The molecule has 1 unspecified atom stereocenters. The van der Waals surface area contributed by atoms with E-state index < -0.39 is 11.9 Å². The van der Waals surface area contributed by atoms with Crippen LogP contribution in [0.25, 0.3) is 17.0 Å². The van der Waals surface area contributed by atoms with Gasteiger partial charge in [0.25, 0.3) is 11.8 Å². The molecule has 1 saturated carbocycles. The van der Waals surface area contributed by atoms with E-state index in [0.29, 0.717) is 22.9 Å². The van der Waals surface area contributed by atoms with Crippen molar-refractivity contribution in [2.45, 2.75) is 90.9 Å². The van der Waals surface area contributed by atoms with E-state index in [4.69, 9.17) is 9.97 Å². The van der Waals surface area contributed by atoms with Gasteiger partial charge in [-0.1, -0.05) is 88.9 Å². The van der Waals surface area contributed by atoms with E-state index in [2.05, 4.69) is 32.2 Å². The van der Waals surface area contributed by atoms with Crippen LogP contribution in [0.3, 0.4) is 0 Å². The molecule has 2 aromatic carbocycles. The fourth-order valence-electron chi connectivity index (χ4n) is 7.98. The molecule has 1 saturated heterocycles. The zero-order valence-electron chi connectivity index (χ0n) is 30.3. The van der Waals surface area contributed by atoms with Crippen molar-refractivity contribution < 1.29 is 19.5 Å². The quantitative estimate of drug-likeness (QED) is 0.185. The maximum Gasteiger partial charge on any atom is 0.310 e. The summed E-state index contributed by atoms with van der Waals surface area (Å²) in [6.07, 6.45) is 19.9. The lowest BCUT2D eigenvalue weighted by Gasteiger charge is -2.37. The molecule has 0 bridgehead atoms. The molecule has 2 N–H and O–H groups in total. The average Bonchev–Trinajstić information content (AvgIpc) is 3.13. The summed E-state index contributed by atoms with van der Waals surface area (Å²) >= 11 is 0. The molecule has 0 radical (unpaired) electrons. The maximum absolute atomic E-state index is 13.4. The molecule has 3 aliphatic rings. The third-order valence-corrected chi connectivity index (χ3v) is 11.3. The first-order chi connectivity index (χ1) is 24.7. The van der Waals surface area contributed by atoms with Gasteiger partial charge in [-0.25, -0.2) is 9.97 Å². The van der Waals surface area contributed by atoms with E-state index in [1.54, 1.807) is 12.1 Å². The molecule has 1 aromatic heterocycles. The van der Waals surface area contributed by atoms with Crippen LogP contribution in [0.2, 0.25) is 0 Å². The first-order valence-corrected chi connectivity index (χ1v) is 18.9. The van der Waals surface area contributed by atoms with Crippen molar-refractivity contribution in [3.63, 3.8) is 0 Å². The standard InChI is InChI=1S/C43H52N4O4/c1-4-5-29-6-10-32(11-7-29)33-16-18-34(19-17-33)38-24-44-40(45-25-38)35-12-8-30(9-13-35)22-37(42(49)47-26-39(27-47)43(50)51)23-46-41(48)36-20-14-31(15-21-36)28(2)3/h8-9,12-15,18,20-21,23-25,28-29,32-33,39H,4-7,10-11,16-17,19,22,26-27H2,1-3H3,(H,46,48)(H,50,51)/b37-23+.